The van der Waals surface area contributed by atoms with Crippen molar-refractivity contribution >= 4 is 11.6 Å². The molecular weight excluding hydrogens is 292 g/mol. The second-order valence-corrected chi connectivity index (χ2v) is 4.98. The largest absolute Gasteiger partial charge is 0.496 e. The van der Waals surface area contributed by atoms with Crippen LogP contribution in [0.4, 0.5) is 5.69 Å². The standard InChI is InChI=1S/C18H16N2O3/c1-20(13-8-4-3-5-9-13)18(21)15-12-17(23-19-15)14-10-6-7-11-16(14)22-2/h3-12H,1-2H3. The van der Waals surface area contributed by atoms with E-state index in [0.29, 0.717) is 11.5 Å². The molecule has 0 unspecified atom stereocenters. The van der Waals surface area contributed by atoms with Gasteiger partial charge in [0.2, 0.25) is 0 Å². The second-order valence-electron chi connectivity index (χ2n) is 4.98. The van der Waals surface area contributed by atoms with Crippen molar-refractivity contribution in [2.24, 2.45) is 0 Å². The quantitative estimate of drug-likeness (QED) is 0.738. The number of amides is 1. The highest BCUT2D eigenvalue weighted by Gasteiger charge is 2.19. The van der Waals surface area contributed by atoms with Gasteiger partial charge < -0.3 is 14.2 Å². The summed E-state index contributed by atoms with van der Waals surface area (Å²) >= 11 is 0. The third-order valence-corrected chi connectivity index (χ3v) is 3.55. The molecule has 0 aliphatic carbocycles. The van der Waals surface area contributed by atoms with Crippen LogP contribution in [-0.2, 0) is 0 Å². The minimum Gasteiger partial charge on any atom is -0.496 e. The summed E-state index contributed by atoms with van der Waals surface area (Å²) in [5.74, 6) is 0.924. The zero-order chi connectivity index (χ0) is 16.2. The monoisotopic (exact) mass is 308 g/mol. The zero-order valence-electron chi connectivity index (χ0n) is 12.9. The fourth-order valence-electron chi connectivity index (χ4n) is 2.29. The molecule has 0 radical (unpaired) electrons. The molecule has 1 aromatic heterocycles. The van der Waals surface area contributed by atoms with Gasteiger partial charge in [0.15, 0.2) is 11.5 Å². The van der Waals surface area contributed by atoms with Crippen LogP contribution in [-0.4, -0.2) is 25.2 Å². The van der Waals surface area contributed by atoms with E-state index in [0.717, 1.165) is 11.3 Å². The zero-order valence-corrected chi connectivity index (χ0v) is 12.9. The number of para-hydroxylation sites is 2. The molecular formula is C18H16N2O3. The lowest BCUT2D eigenvalue weighted by Gasteiger charge is -2.15. The fraction of sp³-hybridized carbons (Fsp3) is 0.111. The van der Waals surface area contributed by atoms with Crippen LogP contribution in [0.3, 0.4) is 0 Å². The van der Waals surface area contributed by atoms with Gasteiger partial charge in [-0.3, -0.25) is 4.79 Å². The Bertz CT molecular complexity index is 812. The van der Waals surface area contributed by atoms with E-state index in [4.69, 9.17) is 9.26 Å². The Hall–Kier alpha value is -3.08. The van der Waals surface area contributed by atoms with E-state index in [9.17, 15) is 4.79 Å². The van der Waals surface area contributed by atoms with Gasteiger partial charge in [-0.2, -0.15) is 0 Å². The molecule has 0 N–H and O–H groups in total. The normalized spacial score (nSPS) is 10.3. The van der Waals surface area contributed by atoms with E-state index in [1.54, 1.807) is 20.2 Å². The Morgan fingerprint density at radius 3 is 2.52 bits per heavy atom. The number of anilines is 1. The Morgan fingerprint density at radius 2 is 1.78 bits per heavy atom. The number of aromatic nitrogens is 1. The van der Waals surface area contributed by atoms with Crippen LogP contribution in [0.2, 0.25) is 0 Å². The minimum atomic E-state index is -0.235. The van der Waals surface area contributed by atoms with Crippen molar-refractivity contribution in [1.29, 1.82) is 0 Å². The number of ether oxygens (including phenoxy) is 1. The molecule has 3 aromatic rings. The van der Waals surface area contributed by atoms with Gasteiger partial charge in [-0.1, -0.05) is 35.5 Å². The van der Waals surface area contributed by atoms with Crippen molar-refractivity contribution in [2.75, 3.05) is 19.1 Å². The van der Waals surface area contributed by atoms with Crippen LogP contribution in [0.25, 0.3) is 11.3 Å². The van der Waals surface area contributed by atoms with E-state index in [1.807, 2.05) is 54.6 Å². The number of methoxy groups -OCH3 is 1. The molecule has 0 atom stereocenters. The molecule has 5 heteroatoms. The molecule has 116 valence electrons. The average molecular weight is 308 g/mol. The molecule has 0 aliphatic rings. The molecule has 0 aliphatic heterocycles. The molecule has 0 saturated heterocycles. The van der Waals surface area contributed by atoms with E-state index in [1.165, 1.54) is 4.90 Å². The van der Waals surface area contributed by atoms with Gasteiger partial charge in [-0.25, -0.2) is 0 Å². The Morgan fingerprint density at radius 1 is 1.09 bits per heavy atom. The van der Waals surface area contributed by atoms with Gasteiger partial charge in [0, 0.05) is 18.8 Å². The third kappa shape index (κ3) is 2.94. The molecule has 0 fully saturated rings. The first-order valence-corrected chi connectivity index (χ1v) is 7.14. The molecule has 1 amide bonds. The number of hydrogen-bond donors (Lipinski definition) is 0. The van der Waals surface area contributed by atoms with Crippen LogP contribution in [0, 0.1) is 0 Å². The minimum absolute atomic E-state index is 0.235. The summed E-state index contributed by atoms with van der Waals surface area (Å²) < 4.78 is 10.6. The molecule has 1 heterocycles. The maximum Gasteiger partial charge on any atom is 0.280 e. The number of benzene rings is 2. The highest BCUT2D eigenvalue weighted by molar-refractivity contribution is 6.04. The van der Waals surface area contributed by atoms with Crippen LogP contribution >= 0.6 is 0 Å². The third-order valence-electron chi connectivity index (χ3n) is 3.55. The van der Waals surface area contributed by atoms with Gasteiger partial charge in [-0.05, 0) is 24.3 Å². The number of nitrogens with zero attached hydrogens (tertiary/aromatic N) is 2. The van der Waals surface area contributed by atoms with E-state index < -0.39 is 0 Å². The van der Waals surface area contributed by atoms with Crippen molar-refractivity contribution in [1.82, 2.24) is 5.16 Å². The van der Waals surface area contributed by atoms with Crippen LogP contribution in [0.5, 0.6) is 5.75 Å². The number of hydrogen-bond acceptors (Lipinski definition) is 4. The predicted octanol–water partition coefficient (Wildman–Crippen LogP) is 3.63. The second kappa shape index (κ2) is 6.36. The van der Waals surface area contributed by atoms with Crippen LogP contribution in [0.1, 0.15) is 10.5 Å². The average Bonchev–Trinajstić information content (AvgIpc) is 3.11. The summed E-state index contributed by atoms with van der Waals surface area (Å²) in [5, 5.41) is 3.89. The summed E-state index contributed by atoms with van der Waals surface area (Å²) in [5.41, 5.74) is 1.79. The van der Waals surface area contributed by atoms with Crippen molar-refractivity contribution in [3.8, 4) is 17.1 Å². The van der Waals surface area contributed by atoms with Crippen molar-refractivity contribution in [3.63, 3.8) is 0 Å². The summed E-state index contributed by atoms with van der Waals surface area (Å²) in [7, 11) is 3.29. The first-order chi connectivity index (χ1) is 11.2. The SMILES string of the molecule is COc1ccccc1-c1cc(C(=O)N(C)c2ccccc2)no1. The summed E-state index contributed by atoms with van der Waals surface area (Å²) in [6.45, 7) is 0. The highest BCUT2D eigenvalue weighted by atomic mass is 16.5. The molecule has 3 rings (SSSR count). The molecule has 0 spiro atoms. The lowest BCUT2D eigenvalue weighted by Crippen LogP contribution is -2.26. The molecule has 2 aromatic carbocycles. The maximum absolute atomic E-state index is 12.5. The lowest BCUT2D eigenvalue weighted by molar-refractivity contribution is 0.0984. The smallest absolute Gasteiger partial charge is 0.280 e. The van der Waals surface area contributed by atoms with Crippen molar-refractivity contribution in [3.05, 3.63) is 66.4 Å². The molecule has 0 bridgehead atoms. The topological polar surface area (TPSA) is 55.6 Å². The van der Waals surface area contributed by atoms with Gasteiger partial charge >= 0.3 is 0 Å². The van der Waals surface area contributed by atoms with E-state index in [-0.39, 0.29) is 11.6 Å². The number of carbonyl (C=O) groups excluding carboxylic acids is 1. The highest BCUT2D eigenvalue weighted by Crippen LogP contribution is 2.30. The van der Waals surface area contributed by atoms with Gasteiger partial charge in [0.05, 0.1) is 12.7 Å². The number of rotatable bonds is 4. The molecule has 0 saturated carbocycles. The van der Waals surface area contributed by atoms with Crippen LogP contribution in [0.15, 0.2) is 65.2 Å². The van der Waals surface area contributed by atoms with E-state index in [2.05, 4.69) is 5.16 Å². The van der Waals surface area contributed by atoms with Gasteiger partial charge in [0.25, 0.3) is 5.91 Å². The number of carbonyl (C=O) groups is 1. The molecule has 5 nitrogen and oxygen atoms in total. The first kappa shape index (κ1) is 14.8. The van der Waals surface area contributed by atoms with Crippen LogP contribution < -0.4 is 9.64 Å². The van der Waals surface area contributed by atoms with E-state index >= 15 is 0 Å². The van der Waals surface area contributed by atoms with Crippen molar-refractivity contribution in [2.45, 2.75) is 0 Å². The summed E-state index contributed by atoms with van der Waals surface area (Å²) in [6, 6.07) is 18.4. The van der Waals surface area contributed by atoms with Crippen molar-refractivity contribution < 1.29 is 14.1 Å². The Kier molecular flexibility index (Phi) is 4.10. The summed E-state index contributed by atoms with van der Waals surface area (Å²) in [4.78, 5) is 14.0. The first-order valence-electron chi connectivity index (χ1n) is 7.14. The summed E-state index contributed by atoms with van der Waals surface area (Å²) in [6.07, 6.45) is 0. The Labute approximate surface area is 134 Å². The fourth-order valence-corrected chi connectivity index (χ4v) is 2.29. The maximum atomic E-state index is 12.5. The molecule has 23 heavy (non-hydrogen) atoms. The lowest BCUT2D eigenvalue weighted by atomic mass is 10.1. The van der Waals surface area contributed by atoms with Gasteiger partial charge in [0.1, 0.15) is 5.75 Å². The predicted molar refractivity (Wildman–Crippen MR) is 87.7 cm³/mol. The van der Waals surface area contributed by atoms with Gasteiger partial charge in [-0.15, -0.1) is 0 Å². The Balaban J connectivity index is 1.88.